The van der Waals surface area contributed by atoms with Crippen molar-refractivity contribution >= 4 is 41.0 Å². The van der Waals surface area contributed by atoms with Gasteiger partial charge in [0.05, 0.1) is 4.21 Å². The van der Waals surface area contributed by atoms with E-state index in [-0.39, 0.29) is 0 Å². The van der Waals surface area contributed by atoms with Crippen LogP contribution in [0.4, 0.5) is 0 Å². The molecule has 0 unspecified atom stereocenters. The summed E-state index contributed by atoms with van der Waals surface area (Å²) in [6, 6.07) is 13.4. The molecule has 0 atom stereocenters. The fraction of sp³-hybridized carbons (Fsp3) is 0.0667. The first-order valence-corrected chi connectivity index (χ1v) is 8.02. The largest absolute Gasteiger partial charge is 0.402 e. The molecule has 1 aliphatic heterocycles. The SMILES string of the molecule is CSc1ccc(C=C2N=C(c3ccccc3)OC2=O)s1. The van der Waals surface area contributed by atoms with Crippen molar-refractivity contribution in [3.8, 4) is 0 Å². The van der Waals surface area contributed by atoms with E-state index >= 15 is 0 Å². The smallest absolute Gasteiger partial charge is 0.363 e. The Labute approximate surface area is 125 Å². The predicted molar refractivity (Wildman–Crippen MR) is 83.1 cm³/mol. The fourth-order valence-corrected chi connectivity index (χ4v) is 3.27. The average molecular weight is 301 g/mol. The van der Waals surface area contributed by atoms with Crippen molar-refractivity contribution in [1.29, 1.82) is 0 Å². The van der Waals surface area contributed by atoms with Gasteiger partial charge in [-0.1, -0.05) is 18.2 Å². The van der Waals surface area contributed by atoms with Gasteiger partial charge in [-0.2, -0.15) is 0 Å². The minimum atomic E-state index is -0.400. The Morgan fingerprint density at radius 3 is 2.70 bits per heavy atom. The first-order valence-electron chi connectivity index (χ1n) is 5.98. The molecule has 0 spiro atoms. The Morgan fingerprint density at radius 2 is 2.00 bits per heavy atom. The summed E-state index contributed by atoms with van der Waals surface area (Å²) in [6.07, 6.45) is 3.79. The average Bonchev–Trinajstić information content (AvgIpc) is 3.08. The number of cyclic esters (lactones) is 1. The van der Waals surface area contributed by atoms with Crippen LogP contribution in [0.2, 0.25) is 0 Å². The molecule has 1 aromatic heterocycles. The van der Waals surface area contributed by atoms with Gasteiger partial charge in [-0.05, 0) is 36.6 Å². The Bertz CT molecular complexity index is 702. The highest BCUT2D eigenvalue weighted by Gasteiger charge is 2.24. The number of thioether (sulfide) groups is 1. The molecule has 0 N–H and O–H groups in total. The molecule has 0 amide bonds. The van der Waals surface area contributed by atoms with E-state index in [9.17, 15) is 4.79 Å². The highest BCUT2D eigenvalue weighted by Crippen LogP contribution is 2.28. The van der Waals surface area contributed by atoms with Crippen LogP contribution >= 0.6 is 23.1 Å². The molecule has 1 aliphatic rings. The molecule has 0 aliphatic carbocycles. The summed E-state index contributed by atoms with van der Waals surface area (Å²) >= 11 is 3.31. The number of nitrogens with zero attached hydrogens (tertiary/aromatic N) is 1. The molecular weight excluding hydrogens is 290 g/mol. The molecule has 0 fully saturated rings. The lowest BCUT2D eigenvalue weighted by Crippen LogP contribution is -2.04. The van der Waals surface area contributed by atoms with Crippen LogP contribution in [0.5, 0.6) is 0 Å². The number of hydrogen-bond donors (Lipinski definition) is 0. The topological polar surface area (TPSA) is 38.7 Å². The number of benzene rings is 1. The Kier molecular flexibility index (Phi) is 3.71. The Morgan fingerprint density at radius 1 is 1.20 bits per heavy atom. The quantitative estimate of drug-likeness (QED) is 0.491. The zero-order chi connectivity index (χ0) is 13.9. The summed E-state index contributed by atoms with van der Waals surface area (Å²) in [7, 11) is 0. The molecule has 1 aromatic carbocycles. The lowest BCUT2D eigenvalue weighted by molar-refractivity contribution is -0.129. The van der Waals surface area contributed by atoms with Gasteiger partial charge >= 0.3 is 5.97 Å². The second-order valence-corrected chi connectivity index (χ2v) is 6.28. The number of carbonyl (C=O) groups is 1. The summed E-state index contributed by atoms with van der Waals surface area (Å²) in [4.78, 5) is 17.1. The molecular formula is C15H11NO2S2. The van der Waals surface area contributed by atoms with Gasteiger partial charge in [0.2, 0.25) is 5.90 Å². The van der Waals surface area contributed by atoms with Crippen LogP contribution in [0.15, 0.2) is 57.4 Å². The monoisotopic (exact) mass is 301 g/mol. The fourth-order valence-electron chi connectivity index (χ4n) is 1.77. The van der Waals surface area contributed by atoms with E-state index in [2.05, 4.69) is 4.99 Å². The van der Waals surface area contributed by atoms with Crippen molar-refractivity contribution in [2.45, 2.75) is 4.21 Å². The summed E-state index contributed by atoms with van der Waals surface area (Å²) in [6.45, 7) is 0. The first-order chi connectivity index (χ1) is 9.76. The molecule has 0 saturated carbocycles. The second kappa shape index (κ2) is 5.64. The van der Waals surface area contributed by atoms with Gasteiger partial charge in [0.15, 0.2) is 5.70 Å². The minimum absolute atomic E-state index is 0.346. The summed E-state index contributed by atoms with van der Waals surface area (Å²) < 4.78 is 6.41. The van der Waals surface area contributed by atoms with E-state index in [1.165, 1.54) is 4.21 Å². The van der Waals surface area contributed by atoms with E-state index in [1.54, 1.807) is 29.2 Å². The minimum Gasteiger partial charge on any atom is -0.402 e. The van der Waals surface area contributed by atoms with E-state index in [0.29, 0.717) is 11.6 Å². The molecule has 20 heavy (non-hydrogen) atoms. The molecule has 5 heteroatoms. The lowest BCUT2D eigenvalue weighted by atomic mass is 10.2. The zero-order valence-electron chi connectivity index (χ0n) is 10.7. The summed E-state index contributed by atoms with van der Waals surface area (Å²) in [5.74, 6) is -0.0357. The number of esters is 1. The number of thiophene rings is 1. The third-order valence-electron chi connectivity index (χ3n) is 2.72. The lowest BCUT2D eigenvalue weighted by Gasteiger charge is -1.97. The molecule has 0 bridgehead atoms. The predicted octanol–water partition coefficient (Wildman–Crippen LogP) is 3.81. The highest BCUT2D eigenvalue weighted by atomic mass is 32.2. The van der Waals surface area contributed by atoms with Crippen molar-refractivity contribution < 1.29 is 9.53 Å². The highest BCUT2D eigenvalue weighted by molar-refractivity contribution is 8.00. The second-order valence-electron chi connectivity index (χ2n) is 4.06. The molecule has 100 valence electrons. The number of hydrogen-bond acceptors (Lipinski definition) is 5. The first kappa shape index (κ1) is 13.1. The number of rotatable bonds is 3. The molecule has 0 radical (unpaired) electrons. The van der Waals surface area contributed by atoms with E-state index < -0.39 is 5.97 Å². The van der Waals surface area contributed by atoms with Gasteiger partial charge in [-0.15, -0.1) is 23.1 Å². The standard InChI is InChI=1S/C15H11NO2S2/c1-19-13-8-7-11(20-13)9-12-15(17)18-14(16-12)10-5-3-2-4-6-10/h2-9H,1H3. The Balaban J connectivity index is 1.90. The van der Waals surface area contributed by atoms with Gasteiger partial charge in [-0.25, -0.2) is 9.79 Å². The van der Waals surface area contributed by atoms with Crippen LogP contribution in [0.3, 0.4) is 0 Å². The van der Waals surface area contributed by atoms with Gasteiger partial charge in [0, 0.05) is 10.4 Å². The van der Waals surface area contributed by atoms with E-state index in [4.69, 9.17) is 4.74 Å². The molecule has 3 rings (SSSR count). The maximum Gasteiger partial charge on any atom is 0.363 e. The van der Waals surface area contributed by atoms with Crippen LogP contribution in [0.25, 0.3) is 6.08 Å². The third-order valence-corrected chi connectivity index (χ3v) is 4.84. The van der Waals surface area contributed by atoms with Crippen LogP contribution in [-0.2, 0) is 9.53 Å². The molecule has 3 nitrogen and oxygen atoms in total. The molecule has 0 saturated heterocycles. The maximum absolute atomic E-state index is 11.8. The number of aliphatic imine (C=N–C) groups is 1. The maximum atomic E-state index is 11.8. The van der Waals surface area contributed by atoms with Crippen molar-refractivity contribution in [2.24, 2.45) is 4.99 Å². The number of ether oxygens (including phenoxy) is 1. The Hall–Kier alpha value is -1.85. The third kappa shape index (κ3) is 2.69. The van der Waals surface area contributed by atoms with Crippen LogP contribution < -0.4 is 0 Å². The van der Waals surface area contributed by atoms with E-state index in [1.807, 2.05) is 48.7 Å². The van der Waals surface area contributed by atoms with Crippen molar-refractivity contribution in [3.63, 3.8) is 0 Å². The summed E-state index contributed by atoms with van der Waals surface area (Å²) in [5, 5.41) is 0. The van der Waals surface area contributed by atoms with Crippen molar-refractivity contribution in [3.05, 3.63) is 58.6 Å². The van der Waals surface area contributed by atoms with Crippen molar-refractivity contribution in [2.75, 3.05) is 6.26 Å². The van der Waals surface area contributed by atoms with Crippen LogP contribution in [0.1, 0.15) is 10.4 Å². The summed E-state index contributed by atoms with van der Waals surface area (Å²) in [5.41, 5.74) is 1.15. The van der Waals surface area contributed by atoms with Crippen LogP contribution in [0, 0.1) is 0 Å². The van der Waals surface area contributed by atoms with E-state index in [0.717, 1.165) is 10.4 Å². The van der Waals surface area contributed by atoms with Crippen LogP contribution in [-0.4, -0.2) is 18.1 Å². The molecule has 2 aromatic rings. The zero-order valence-corrected chi connectivity index (χ0v) is 12.3. The van der Waals surface area contributed by atoms with Gasteiger partial charge < -0.3 is 4.74 Å². The normalized spacial score (nSPS) is 16.4. The molecule has 2 heterocycles. The van der Waals surface area contributed by atoms with Gasteiger partial charge in [-0.3, -0.25) is 0 Å². The van der Waals surface area contributed by atoms with Crippen molar-refractivity contribution in [1.82, 2.24) is 0 Å². The van der Waals surface area contributed by atoms with Gasteiger partial charge in [0.1, 0.15) is 0 Å². The number of carbonyl (C=O) groups excluding carboxylic acids is 1. The van der Waals surface area contributed by atoms with Gasteiger partial charge in [0.25, 0.3) is 0 Å².